The summed E-state index contributed by atoms with van der Waals surface area (Å²) in [6.45, 7) is 7.62. The fourth-order valence-corrected chi connectivity index (χ4v) is 2.36. The van der Waals surface area contributed by atoms with E-state index in [-0.39, 0.29) is 11.0 Å². The second kappa shape index (κ2) is 4.72. The lowest BCUT2D eigenvalue weighted by molar-refractivity contribution is 0.00578. The number of rotatable bonds is 1. The van der Waals surface area contributed by atoms with E-state index in [1.54, 1.807) is 12.1 Å². The molecule has 100 valence electrons. The van der Waals surface area contributed by atoms with Gasteiger partial charge in [0.15, 0.2) is 0 Å². The van der Waals surface area contributed by atoms with Crippen molar-refractivity contribution in [3.05, 3.63) is 27.1 Å². The fraction of sp³-hybridized carbons (Fsp3) is 0.462. The average molecular weight is 373 g/mol. The van der Waals surface area contributed by atoms with E-state index in [2.05, 4.69) is 0 Å². The normalized spacial score (nSPS) is 20.4. The van der Waals surface area contributed by atoms with E-state index in [9.17, 15) is 4.39 Å². The molecule has 0 unspecified atom stereocenters. The topological polar surface area (TPSA) is 42.2 Å². The van der Waals surface area contributed by atoms with Crippen LogP contribution in [-0.2, 0) is 9.31 Å². The number of nitriles is 1. The van der Waals surface area contributed by atoms with E-state index < -0.39 is 24.1 Å². The largest absolute Gasteiger partial charge is 0.497 e. The maximum absolute atomic E-state index is 14.3. The van der Waals surface area contributed by atoms with Gasteiger partial charge in [-0.1, -0.05) is 6.07 Å². The van der Waals surface area contributed by atoms with Gasteiger partial charge >= 0.3 is 7.12 Å². The van der Waals surface area contributed by atoms with Crippen molar-refractivity contribution in [2.45, 2.75) is 38.9 Å². The Balaban J connectivity index is 2.44. The van der Waals surface area contributed by atoms with Gasteiger partial charge in [-0.05, 0) is 56.4 Å². The molecule has 1 fully saturated rings. The van der Waals surface area contributed by atoms with Crippen LogP contribution in [0.15, 0.2) is 12.1 Å². The minimum Gasteiger partial charge on any atom is -0.399 e. The molecule has 0 atom stereocenters. The average Bonchev–Trinajstić information content (AvgIpc) is 2.48. The van der Waals surface area contributed by atoms with Crippen molar-refractivity contribution >= 4 is 35.2 Å². The third kappa shape index (κ3) is 2.39. The Kier molecular flexibility index (Phi) is 3.67. The molecule has 0 aliphatic carbocycles. The van der Waals surface area contributed by atoms with Gasteiger partial charge in [-0.15, -0.1) is 0 Å². The quantitative estimate of drug-likeness (QED) is 0.562. The van der Waals surface area contributed by atoms with Crippen LogP contribution >= 0.6 is 22.6 Å². The summed E-state index contributed by atoms with van der Waals surface area (Å²) in [4.78, 5) is 0. The number of halogens is 2. The zero-order chi connectivity index (χ0) is 14.4. The van der Waals surface area contributed by atoms with Crippen molar-refractivity contribution < 1.29 is 13.7 Å². The number of hydrogen-bond acceptors (Lipinski definition) is 3. The van der Waals surface area contributed by atoms with E-state index in [4.69, 9.17) is 14.6 Å². The van der Waals surface area contributed by atoms with E-state index >= 15 is 0 Å². The first-order chi connectivity index (χ1) is 8.69. The van der Waals surface area contributed by atoms with Gasteiger partial charge in [-0.2, -0.15) is 5.26 Å². The molecule has 1 aromatic carbocycles. The molecule has 0 radical (unpaired) electrons. The standard InChI is InChI=1S/C13H14BFINO2/c1-12(2)13(3,4)19-14(18-12)9-5-6-10(16)8(7-17)11(9)15/h5-6H,1-4H3. The summed E-state index contributed by atoms with van der Waals surface area (Å²) in [7, 11) is -0.783. The third-order valence-electron chi connectivity index (χ3n) is 3.74. The first-order valence-corrected chi connectivity index (χ1v) is 7.01. The van der Waals surface area contributed by atoms with Gasteiger partial charge in [0, 0.05) is 9.03 Å². The minimum atomic E-state index is -0.783. The Morgan fingerprint density at radius 2 is 1.74 bits per heavy atom. The summed E-state index contributed by atoms with van der Waals surface area (Å²) < 4.78 is 26.5. The number of benzene rings is 1. The smallest absolute Gasteiger partial charge is 0.399 e. The van der Waals surface area contributed by atoms with Gasteiger partial charge in [-0.25, -0.2) is 4.39 Å². The van der Waals surface area contributed by atoms with Crippen molar-refractivity contribution in [2.24, 2.45) is 0 Å². The van der Waals surface area contributed by atoms with Gasteiger partial charge in [0.1, 0.15) is 17.4 Å². The van der Waals surface area contributed by atoms with Crippen LogP contribution in [0.3, 0.4) is 0 Å². The Morgan fingerprint density at radius 1 is 1.21 bits per heavy atom. The van der Waals surface area contributed by atoms with Crippen LogP contribution in [0.2, 0.25) is 0 Å². The molecule has 0 amide bonds. The predicted molar refractivity (Wildman–Crippen MR) is 79.5 cm³/mol. The van der Waals surface area contributed by atoms with Gasteiger partial charge in [0.2, 0.25) is 0 Å². The summed E-state index contributed by atoms with van der Waals surface area (Å²) in [5.41, 5.74) is -0.747. The Hall–Kier alpha value is -0.645. The molecule has 0 spiro atoms. The highest BCUT2D eigenvalue weighted by molar-refractivity contribution is 14.1. The molecule has 6 heteroatoms. The van der Waals surface area contributed by atoms with Crippen molar-refractivity contribution in [1.82, 2.24) is 0 Å². The summed E-state index contributed by atoms with van der Waals surface area (Å²) >= 11 is 1.94. The van der Waals surface area contributed by atoms with E-state index in [0.29, 0.717) is 3.57 Å². The molecule has 1 aliphatic rings. The first-order valence-electron chi connectivity index (χ1n) is 5.93. The van der Waals surface area contributed by atoms with Gasteiger partial charge in [0.25, 0.3) is 0 Å². The lowest BCUT2D eigenvalue weighted by Crippen LogP contribution is -2.41. The van der Waals surface area contributed by atoms with Crippen LogP contribution in [0.5, 0.6) is 0 Å². The van der Waals surface area contributed by atoms with Crippen molar-refractivity contribution in [3.63, 3.8) is 0 Å². The van der Waals surface area contributed by atoms with Crippen molar-refractivity contribution in [3.8, 4) is 6.07 Å². The summed E-state index contributed by atoms with van der Waals surface area (Å²) in [5.74, 6) is -0.562. The molecule has 1 aromatic rings. The molecule has 3 nitrogen and oxygen atoms in total. The molecule has 1 aliphatic heterocycles. The first kappa shape index (κ1) is 14.8. The second-order valence-corrected chi connectivity index (χ2v) is 6.69. The summed E-state index contributed by atoms with van der Waals surface area (Å²) in [5, 5.41) is 9.00. The Morgan fingerprint density at radius 3 is 2.21 bits per heavy atom. The molecular formula is C13H14BFINO2. The summed E-state index contributed by atoms with van der Waals surface area (Å²) in [6, 6.07) is 5.18. The minimum absolute atomic E-state index is 0.0350. The van der Waals surface area contributed by atoms with Gasteiger partial charge < -0.3 is 9.31 Å². The molecular weight excluding hydrogens is 359 g/mol. The lowest BCUT2D eigenvalue weighted by atomic mass is 9.78. The monoisotopic (exact) mass is 373 g/mol. The molecule has 0 aromatic heterocycles. The van der Waals surface area contributed by atoms with Crippen LogP contribution < -0.4 is 5.46 Å². The fourth-order valence-electron chi connectivity index (χ4n) is 1.82. The predicted octanol–water partition coefficient (Wildman–Crippen LogP) is 2.60. The molecule has 1 heterocycles. The Labute approximate surface area is 126 Å². The SMILES string of the molecule is CC1(C)OB(c2ccc(I)c(C#N)c2F)OC1(C)C. The van der Waals surface area contributed by atoms with Crippen LogP contribution in [-0.4, -0.2) is 18.3 Å². The van der Waals surface area contributed by atoms with E-state index in [1.165, 1.54) is 0 Å². The zero-order valence-corrected chi connectivity index (χ0v) is 13.4. The number of nitrogens with zero attached hydrogens (tertiary/aromatic N) is 1. The molecule has 2 rings (SSSR count). The van der Waals surface area contributed by atoms with Crippen LogP contribution in [0, 0.1) is 20.7 Å². The maximum atomic E-state index is 14.3. The van der Waals surface area contributed by atoms with Crippen LogP contribution in [0.1, 0.15) is 33.3 Å². The van der Waals surface area contributed by atoms with Gasteiger partial charge in [-0.3, -0.25) is 0 Å². The molecule has 0 N–H and O–H groups in total. The molecule has 19 heavy (non-hydrogen) atoms. The molecule has 1 saturated heterocycles. The lowest BCUT2D eigenvalue weighted by Gasteiger charge is -2.32. The third-order valence-corrected chi connectivity index (χ3v) is 4.64. The molecule has 0 saturated carbocycles. The molecule has 0 bridgehead atoms. The number of hydrogen-bond donors (Lipinski definition) is 0. The highest BCUT2D eigenvalue weighted by Crippen LogP contribution is 2.36. The Bertz CT molecular complexity index is 552. The maximum Gasteiger partial charge on any atom is 0.497 e. The van der Waals surface area contributed by atoms with Crippen LogP contribution in [0.25, 0.3) is 0 Å². The van der Waals surface area contributed by atoms with E-state index in [1.807, 2.05) is 56.4 Å². The second-order valence-electron chi connectivity index (χ2n) is 5.53. The zero-order valence-electron chi connectivity index (χ0n) is 11.3. The van der Waals surface area contributed by atoms with Crippen molar-refractivity contribution in [2.75, 3.05) is 0 Å². The van der Waals surface area contributed by atoms with E-state index in [0.717, 1.165) is 0 Å². The highest BCUT2D eigenvalue weighted by atomic mass is 127. The van der Waals surface area contributed by atoms with Crippen LogP contribution in [0.4, 0.5) is 4.39 Å². The highest BCUT2D eigenvalue weighted by Gasteiger charge is 2.52. The van der Waals surface area contributed by atoms with Crippen molar-refractivity contribution in [1.29, 1.82) is 5.26 Å². The summed E-state index contributed by atoms with van der Waals surface area (Å²) in [6.07, 6.45) is 0. The van der Waals surface area contributed by atoms with Gasteiger partial charge in [0.05, 0.1) is 11.2 Å².